The summed E-state index contributed by atoms with van der Waals surface area (Å²) in [6.45, 7) is 12.3. The molecule has 0 bridgehead atoms. The summed E-state index contributed by atoms with van der Waals surface area (Å²) < 4.78 is 0. The standard InChI is InChI=1S/C14H30N2O/c1-6-15-10-12(4)14(17)16-13(5)9-7-8-11(2)3/h11-13,15H,6-10H2,1-5H3,(H,16,17). The number of hydrogen-bond acceptors (Lipinski definition) is 2. The molecule has 0 aromatic heterocycles. The Bertz CT molecular complexity index is 204. The van der Waals surface area contributed by atoms with Gasteiger partial charge in [0, 0.05) is 18.5 Å². The third kappa shape index (κ3) is 9.16. The summed E-state index contributed by atoms with van der Waals surface area (Å²) in [7, 11) is 0. The minimum absolute atomic E-state index is 0.0579. The van der Waals surface area contributed by atoms with E-state index >= 15 is 0 Å². The van der Waals surface area contributed by atoms with Crippen molar-refractivity contribution >= 4 is 5.91 Å². The number of nitrogens with one attached hydrogen (secondary N) is 2. The molecule has 0 saturated heterocycles. The van der Waals surface area contributed by atoms with E-state index in [9.17, 15) is 4.79 Å². The Hall–Kier alpha value is -0.570. The molecule has 0 aliphatic rings. The van der Waals surface area contributed by atoms with Gasteiger partial charge in [-0.05, 0) is 25.8 Å². The lowest BCUT2D eigenvalue weighted by Gasteiger charge is -2.18. The van der Waals surface area contributed by atoms with Gasteiger partial charge in [0.1, 0.15) is 0 Å². The van der Waals surface area contributed by atoms with Crippen LogP contribution in [0.5, 0.6) is 0 Å². The second-order valence-electron chi connectivity index (χ2n) is 5.44. The van der Waals surface area contributed by atoms with Gasteiger partial charge in [0.15, 0.2) is 0 Å². The number of carbonyl (C=O) groups excluding carboxylic acids is 1. The Balaban J connectivity index is 3.71. The van der Waals surface area contributed by atoms with Crippen molar-refractivity contribution in [3.05, 3.63) is 0 Å². The lowest BCUT2D eigenvalue weighted by Crippen LogP contribution is -2.39. The third-order valence-electron chi connectivity index (χ3n) is 2.96. The molecule has 0 radical (unpaired) electrons. The van der Waals surface area contributed by atoms with Crippen LogP contribution < -0.4 is 10.6 Å². The predicted octanol–water partition coefficient (Wildman–Crippen LogP) is 2.56. The molecule has 0 rings (SSSR count). The Morgan fingerprint density at radius 2 is 1.76 bits per heavy atom. The van der Waals surface area contributed by atoms with Crippen LogP contribution >= 0.6 is 0 Å². The van der Waals surface area contributed by atoms with Gasteiger partial charge >= 0.3 is 0 Å². The molecule has 17 heavy (non-hydrogen) atoms. The Kier molecular flexibility index (Phi) is 9.14. The van der Waals surface area contributed by atoms with E-state index in [1.54, 1.807) is 0 Å². The number of amides is 1. The molecule has 0 fully saturated rings. The first-order valence-electron chi connectivity index (χ1n) is 6.98. The summed E-state index contributed by atoms with van der Waals surface area (Å²) >= 11 is 0. The van der Waals surface area contributed by atoms with Gasteiger partial charge in [0.05, 0.1) is 0 Å². The first-order chi connectivity index (χ1) is 7.97. The number of rotatable bonds is 9. The van der Waals surface area contributed by atoms with E-state index in [0.29, 0.717) is 6.04 Å². The lowest BCUT2D eigenvalue weighted by atomic mass is 10.0. The summed E-state index contributed by atoms with van der Waals surface area (Å²) in [4.78, 5) is 11.8. The largest absolute Gasteiger partial charge is 0.353 e. The van der Waals surface area contributed by atoms with Gasteiger partial charge in [-0.3, -0.25) is 4.79 Å². The van der Waals surface area contributed by atoms with Crippen LogP contribution in [-0.4, -0.2) is 25.0 Å². The fraction of sp³-hybridized carbons (Fsp3) is 0.929. The molecule has 2 atom stereocenters. The Labute approximate surface area is 107 Å². The molecule has 0 spiro atoms. The molecule has 3 nitrogen and oxygen atoms in total. The van der Waals surface area contributed by atoms with Gasteiger partial charge in [-0.1, -0.05) is 40.5 Å². The molecule has 1 amide bonds. The van der Waals surface area contributed by atoms with E-state index in [4.69, 9.17) is 0 Å². The lowest BCUT2D eigenvalue weighted by molar-refractivity contribution is -0.125. The van der Waals surface area contributed by atoms with Crippen LogP contribution in [0.15, 0.2) is 0 Å². The molecular formula is C14H30N2O. The zero-order chi connectivity index (χ0) is 13.3. The highest BCUT2D eigenvalue weighted by Crippen LogP contribution is 2.08. The molecule has 0 aromatic rings. The van der Waals surface area contributed by atoms with Crippen molar-refractivity contribution in [1.29, 1.82) is 0 Å². The normalized spacial score (nSPS) is 14.7. The maximum atomic E-state index is 11.8. The van der Waals surface area contributed by atoms with E-state index in [-0.39, 0.29) is 11.8 Å². The number of hydrogen-bond donors (Lipinski definition) is 2. The van der Waals surface area contributed by atoms with E-state index in [1.165, 1.54) is 12.8 Å². The van der Waals surface area contributed by atoms with Crippen molar-refractivity contribution in [3.63, 3.8) is 0 Å². The predicted molar refractivity (Wildman–Crippen MR) is 74.0 cm³/mol. The van der Waals surface area contributed by atoms with Crippen LogP contribution in [0.3, 0.4) is 0 Å². The van der Waals surface area contributed by atoms with Crippen molar-refractivity contribution in [2.75, 3.05) is 13.1 Å². The zero-order valence-electron chi connectivity index (χ0n) is 12.2. The summed E-state index contributed by atoms with van der Waals surface area (Å²) in [5.41, 5.74) is 0. The highest BCUT2D eigenvalue weighted by atomic mass is 16.1. The Morgan fingerprint density at radius 3 is 2.29 bits per heavy atom. The van der Waals surface area contributed by atoms with Gasteiger partial charge in [-0.25, -0.2) is 0 Å². The van der Waals surface area contributed by atoms with Crippen LogP contribution in [-0.2, 0) is 4.79 Å². The average Bonchev–Trinajstić information content (AvgIpc) is 2.25. The van der Waals surface area contributed by atoms with Gasteiger partial charge < -0.3 is 10.6 Å². The molecule has 0 aliphatic heterocycles. The molecule has 3 heteroatoms. The topological polar surface area (TPSA) is 41.1 Å². The maximum absolute atomic E-state index is 11.8. The van der Waals surface area contributed by atoms with Gasteiger partial charge in [0.25, 0.3) is 0 Å². The number of carbonyl (C=O) groups is 1. The molecule has 0 heterocycles. The smallest absolute Gasteiger partial charge is 0.224 e. The van der Waals surface area contributed by atoms with Gasteiger partial charge in [-0.2, -0.15) is 0 Å². The average molecular weight is 242 g/mol. The molecular weight excluding hydrogens is 212 g/mol. The summed E-state index contributed by atoms with van der Waals surface area (Å²) in [6.07, 6.45) is 3.52. The van der Waals surface area contributed by atoms with Crippen molar-refractivity contribution in [2.24, 2.45) is 11.8 Å². The fourth-order valence-electron chi connectivity index (χ4n) is 1.74. The minimum Gasteiger partial charge on any atom is -0.353 e. The highest BCUT2D eigenvalue weighted by molar-refractivity contribution is 5.78. The first kappa shape index (κ1) is 16.4. The van der Waals surface area contributed by atoms with Crippen molar-refractivity contribution in [3.8, 4) is 0 Å². The first-order valence-corrected chi connectivity index (χ1v) is 6.98. The SMILES string of the molecule is CCNCC(C)C(=O)NC(C)CCCC(C)C. The van der Waals surface area contributed by atoms with Crippen LogP contribution in [0.1, 0.15) is 53.9 Å². The summed E-state index contributed by atoms with van der Waals surface area (Å²) in [6, 6.07) is 0.297. The maximum Gasteiger partial charge on any atom is 0.224 e. The molecule has 2 unspecified atom stereocenters. The molecule has 2 N–H and O–H groups in total. The van der Waals surface area contributed by atoms with Crippen molar-refractivity contribution in [1.82, 2.24) is 10.6 Å². The van der Waals surface area contributed by atoms with Crippen molar-refractivity contribution in [2.45, 2.75) is 59.9 Å². The highest BCUT2D eigenvalue weighted by Gasteiger charge is 2.14. The molecule has 0 saturated carbocycles. The monoisotopic (exact) mass is 242 g/mol. The Morgan fingerprint density at radius 1 is 1.12 bits per heavy atom. The van der Waals surface area contributed by atoms with E-state index in [0.717, 1.165) is 25.4 Å². The second kappa shape index (κ2) is 9.46. The van der Waals surface area contributed by atoms with Crippen molar-refractivity contribution < 1.29 is 4.79 Å². The molecule has 0 aromatic carbocycles. The minimum atomic E-state index is 0.0579. The molecule has 0 aliphatic carbocycles. The van der Waals surface area contributed by atoms with E-state index in [2.05, 4.69) is 38.3 Å². The van der Waals surface area contributed by atoms with Crippen LogP contribution in [0.4, 0.5) is 0 Å². The second-order valence-corrected chi connectivity index (χ2v) is 5.44. The van der Waals surface area contributed by atoms with E-state index in [1.807, 2.05) is 6.92 Å². The van der Waals surface area contributed by atoms with Crippen LogP contribution in [0.25, 0.3) is 0 Å². The van der Waals surface area contributed by atoms with Gasteiger partial charge in [-0.15, -0.1) is 0 Å². The summed E-state index contributed by atoms with van der Waals surface area (Å²) in [5.74, 6) is 0.982. The zero-order valence-corrected chi connectivity index (χ0v) is 12.2. The van der Waals surface area contributed by atoms with E-state index < -0.39 is 0 Å². The fourth-order valence-corrected chi connectivity index (χ4v) is 1.74. The van der Waals surface area contributed by atoms with Gasteiger partial charge in [0.2, 0.25) is 5.91 Å². The molecule has 102 valence electrons. The summed E-state index contributed by atoms with van der Waals surface area (Å²) in [5, 5.41) is 6.28. The van der Waals surface area contributed by atoms with Crippen LogP contribution in [0.2, 0.25) is 0 Å². The third-order valence-corrected chi connectivity index (χ3v) is 2.96. The quantitative estimate of drug-likeness (QED) is 0.652. The van der Waals surface area contributed by atoms with Crippen LogP contribution in [0, 0.1) is 11.8 Å².